The van der Waals surface area contributed by atoms with Gasteiger partial charge < -0.3 is 5.32 Å². The fraction of sp³-hybridized carbons (Fsp3) is 0.333. The summed E-state index contributed by atoms with van der Waals surface area (Å²) in [4.78, 5) is 16.4. The van der Waals surface area contributed by atoms with Crippen LogP contribution in [-0.2, 0) is 11.2 Å². The molecular formula is C15H17BrN2OS. The molecule has 0 radical (unpaired) electrons. The molecule has 106 valence electrons. The van der Waals surface area contributed by atoms with Crippen LogP contribution in [0.4, 0.5) is 0 Å². The second-order valence-electron chi connectivity index (χ2n) is 4.61. The Morgan fingerprint density at radius 2 is 2.10 bits per heavy atom. The fourth-order valence-corrected chi connectivity index (χ4v) is 2.89. The molecule has 0 spiro atoms. The summed E-state index contributed by atoms with van der Waals surface area (Å²) in [6.07, 6.45) is 1.21. The molecule has 0 fully saturated rings. The van der Waals surface area contributed by atoms with Crippen LogP contribution in [-0.4, -0.2) is 10.9 Å². The standard InChI is InChI=1S/C15H17BrN2OS/c1-3-14(11-4-6-12(16)7-5-11)18-15(19)8-13-9-20-10(2)17-13/h4-7,9,14H,3,8H2,1-2H3,(H,18,19). The number of rotatable bonds is 5. The summed E-state index contributed by atoms with van der Waals surface area (Å²) in [5.74, 6) is 0.0186. The second kappa shape index (κ2) is 6.99. The van der Waals surface area contributed by atoms with Crippen molar-refractivity contribution in [3.8, 4) is 0 Å². The SMILES string of the molecule is CCC(NC(=O)Cc1csc(C)n1)c1ccc(Br)cc1. The molecule has 1 aromatic heterocycles. The number of hydrogen-bond acceptors (Lipinski definition) is 3. The number of hydrogen-bond donors (Lipinski definition) is 1. The largest absolute Gasteiger partial charge is 0.349 e. The first-order valence-corrected chi connectivity index (χ1v) is 8.21. The van der Waals surface area contributed by atoms with Crippen LogP contribution in [0.2, 0.25) is 0 Å². The van der Waals surface area contributed by atoms with E-state index in [0.717, 1.165) is 27.2 Å². The smallest absolute Gasteiger partial charge is 0.226 e. The van der Waals surface area contributed by atoms with Gasteiger partial charge in [-0.05, 0) is 31.0 Å². The number of nitrogens with one attached hydrogen (secondary N) is 1. The van der Waals surface area contributed by atoms with Crippen molar-refractivity contribution in [1.82, 2.24) is 10.3 Å². The Morgan fingerprint density at radius 1 is 1.40 bits per heavy atom. The highest BCUT2D eigenvalue weighted by Crippen LogP contribution is 2.19. The zero-order valence-electron chi connectivity index (χ0n) is 11.5. The highest BCUT2D eigenvalue weighted by molar-refractivity contribution is 9.10. The lowest BCUT2D eigenvalue weighted by Crippen LogP contribution is -2.29. The Hall–Kier alpha value is -1.20. The number of halogens is 1. The summed E-state index contributed by atoms with van der Waals surface area (Å²) in [6, 6.07) is 8.11. The van der Waals surface area contributed by atoms with Gasteiger partial charge in [0.15, 0.2) is 0 Å². The van der Waals surface area contributed by atoms with E-state index in [9.17, 15) is 4.79 Å². The molecule has 3 nitrogen and oxygen atoms in total. The van der Waals surface area contributed by atoms with Crippen molar-refractivity contribution in [2.75, 3.05) is 0 Å². The van der Waals surface area contributed by atoms with Crippen molar-refractivity contribution in [2.45, 2.75) is 32.7 Å². The highest BCUT2D eigenvalue weighted by Gasteiger charge is 2.13. The van der Waals surface area contributed by atoms with Gasteiger partial charge in [0.2, 0.25) is 5.91 Å². The zero-order chi connectivity index (χ0) is 14.5. The third-order valence-electron chi connectivity index (χ3n) is 3.02. The van der Waals surface area contributed by atoms with Gasteiger partial charge in [-0.3, -0.25) is 4.79 Å². The number of carbonyl (C=O) groups is 1. The van der Waals surface area contributed by atoms with E-state index < -0.39 is 0 Å². The molecule has 0 aliphatic heterocycles. The zero-order valence-corrected chi connectivity index (χ0v) is 13.9. The molecular weight excluding hydrogens is 336 g/mol. The number of benzene rings is 1. The Labute approximate surface area is 131 Å². The maximum atomic E-state index is 12.1. The van der Waals surface area contributed by atoms with Crippen molar-refractivity contribution in [2.24, 2.45) is 0 Å². The molecule has 2 aromatic rings. The molecule has 0 saturated heterocycles. The maximum Gasteiger partial charge on any atom is 0.226 e. The monoisotopic (exact) mass is 352 g/mol. The predicted octanol–water partition coefficient (Wildman–Crippen LogP) is 4.02. The summed E-state index contributed by atoms with van der Waals surface area (Å²) in [7, 11) is 0. The van der Waals surface area contributed by atoms with Crippen LogP contribution in [0, 0.1) is 6.92 Å². The number of nitrogens with zero attached hydrogens (tertiary/aromatic N) is 1. The lowest BCUT2D eigenvalue weighted by atomic mass is 10.0. The van der Waals surface area contributed by atoms with Gasteiger partial charge in [-0.25, -0.2) is 4.98 Å². The summed E-state index contributed by atoms with van der Waals surface area (Å²) in [5.41, 5.74) is 1.97. The minimum atomic E-state index is 0.0186. The summed E-state index contributed by atoms with van der Waals surface area (Å²) in [5, 5.41) is 6.00. The Bertz CT molecular complexity index is 580. The van der Waals surface area contributed by atoms with Gasteiger partial charge in [0.25, 0.3) is 0 Å². The average Bonchev–Trinajstić information content (AvgIpc) is 2.82. The van der Waals surface area contributed by atoms with E-state index in [1.807, 2.05) is 36.6 Å². The molecule has 1 aromatic carbocycles. The van der Waals surface area contributed by atoms with Crippen molar-refractivity contribution in [3.63, 3.8) is 0 Å². The Kier molecular flexibility index (Phi) is 5.31. The summed E-state index contributed by atoms with van der Waals surface area (Å²) < 4.78 is 1.04. The van der Waals surface area contributed by atoms with Gasteiger partial charge >= 0.3 is 0 Å². The fourth-order valence-electron chi connectivity index (χ4n) is 2.02. The molecule has 1 N–H and O–H groups in total. The number of carbonyl (C=O) groups excluding carboxylic acids is 1. The average molecular weight is 353 g/mol. The van der Waals surface area contributed by atoms with Gasteiger partial charge in [0.1, 0.15) is 0 Å². The number of aromatic nitrogens is 1. The highest BCUT2D eigenvalue weighted by atomic mass is 79.9. The van der Waals surface area contributed by atoms with Crippen molar-refractivity contribution >= 4 is 33.2 Å². The lowest BCUT2D eigenvalue weighted by Gasteiger charge is -2.17. The number of amides is 1. The number of thiazole rings is 1. The molecule has 0 aliphatic carbocycles. The first-order valence-electron chi connectivity index (χ1n) is 6.54. The van der Waals surface area contributed by atoms with Gasteiger partial charge in [0.05, 0.1) is 23.2 Å². The summed E-state index contributed by atoms with van der Waals surface area (Å²) in [6.45, 7) is 4.02. The van der Waals surface area contributed by atoms with Gasteiger partial charge in [-0.15, -0.1) is 11.3 Å². The molecule has 2 rings (SSSR count). The van der Waals surface area contributed by atoms with Crippen LogP contribution in [0.1, 0.15) is 35.7 Å². The third-order valence-corrected chi connectivity index (χ3v) is 4.38. The quantitative estimate of drug-likeness (QED) is 0.882. The van der Waals surface area contributed by atoms with Crippen LogP contribution in [0.5, 0.6) is 0 Å². The minimum Gasteiger partial charge on any atom is -0.349 e. The van der Waals surface area contributed by atoms with Crippen molar-refractivity contribution in [1.29, 1.82) is 0 Å². The van der Waals surface area contributed by atoms with Crippen LogP contribution in [0.3, 0.4) is 0 Å². The Morgan fingerprint density at radius 3 is 2.65 bits per heavy atom. The van der Waals surface area contributed by atoms with Crippen molar-refractivity contribution < 1.29 is 4.79 Å². The molecule has 5 heteroatoms. The topological polar surface area (TPSA) is 42.0 Å². The molecule has 20 heavy (non-hydrogen) atoms. The molecule has 1 atom stereocenters. The van der Waals surface area contributed by atoms with Gasteiger partial charge in [0, 0.05) is 9.85 Å². The minimum absolute atomic E-state index is 0.0186. The predicted molar refractivity (Wildman–Crippen MR) is 85.9 cm³/mol. The van der Waals surface area contributed by atoms with Crippen LogP contribution < -0.4 is 5.32 Å². The normalized spacial score (nSPS) is 12.2. The van der Waals surface area contributed by atoms with Crippen LogP contribution in [0.25, 0.3) is 0 Å². The summed E-state index contributed by atoms with van der Waals surface area (Å²) >= 11 is 4.99. The lowest BCUT2D eigenvalue weighted by molar-refractivity contribution is -0.121. The third kappa shape index (κ3) is 4.15. The van der Waals surface area contributed by atoms with E-state index in [-0.39, 0.29) is 11.9 Å². The first-order chi connectivity index (χ1) is 9.58. The molecule has 1 amide bonds. The number of aryl methyl sites for hydroxylation is 1. The van der Waals surface area contributed by atoms with Gasteiger partial charge in [-0.2, -0.15) is 0 Å². The van der Waals surface area contributed by atoms with E-state index in [1.165, 1.54) is 0 Å². The van der Waals surface area contributed by atoms with Crippen LogP contribution in [0.15, 0.2) is 34.1 Å². The molecule has 0 aliphatic rings. The van der Waals surface area contributed by atoms with E-state index >= 15 is 0 Å². The molecule has 0 saturated carbocycles. The van der Waals surface area contributed by atoms with Crippen LogP contribution >= 0.6 is 27.3 Å². The van der Waals surface area contributed by atoms with E-state index in [0.29, 0.717) is 6.42 Å². The van der Waals surface area contributed by atoms with E-state index in [1.54, 1.807) is 11.3 Å². The van der Waals surface area contributed by atoms with E-state index in [4.69, 9.17) is 0 Å². The van der Waals surface area contributed by atoms with Gasteiger partial charge in [-0.1, -0.05) is 35.0 Å². The van der Waals surface area contributed by atoms with E-state index in [2.05, 4.69) is 33.2 Å². The molecule has 0 bridgehead atoms. The van der Waals surface area contributed by atoms with Crippen molar-refractivity contribution in [3.05, 3.63) is 50.4 Å². The maximum absolute atomic E-state index is 12.1. The molecule has 1 heterocycles. The second-order valence-corrected chi connectivity index (χ2v) is 6.59. The molecule has 1 unspecified atom stereocenters. The first kappa shape index (κ1) is 15.2. The Balaban J connectivity index is 1.99.